The molecule has 0 atom stereocenters. The van der Waals surface area contributed by atoms with Crippen molar-refractivity contribution in [3.05, 3.63) is 70.8 Å². The van der Waals surface area contributed by atoms with Crippen LogP contribution in [0.3, 0.4) is 0 Å². The molecule has 2 aromatic rings. The number of fused-ring (bicyclic) bond motifs is 1. The number of hydrogen-bond donors (Lipinski definition) is 2. The maximum atomic E-state index is 12.8. The van der Waals surface area contributed by atoms with E-state index in [1.807, 2.05) is 18.2 Å². The van der Waals surface area contributed by atoms with Gasteiger partial charge in [0.15, 0.2) is 0 Å². The van der Waals surface area contributed by atoms with E-state index >= 15 is 0 Å². The van der Waals surface area contributed by atoms with E-state index in [-0.39, 0.29) is 23.2 Å². The highest BCUT2D eigenvalue weighted by Gasteiger charge is 2.28. The Morgan fingerprint density at radius 1 is 1.06 bits per heavy atom. The number of amidine groups is 1. The first kappa shape index (κ1) is 20.4. The van der Waals surface area contributed by atoms with Crippen LogP contribution in [0, 0.1) is 11.3 Å². The van der Waals surface area contributed by atoms with E-state index in [9.17, 15) is 14.9 Å². The van der Waals surface area contributed by atoms with E-state index in [0.717, 1.165) is 25.7 Å². The van der Waals surface area contributed by atoms with Gasteiger partial charge in [-0.3, -0.25) is 9.59 Å². The maximum Gasteiger partial charge on any atom is 0.264 e. The van der Waals surface area contributed by atoms with Gasteiger partial charge in [0.2, 0.25) is 0 Å². The Hall–Kier alpha value is -3.92. The number of ether oxygens (including phenoxy) is 1. The Morgan fingerprint density at radius 2 is 1.74 bits per heavy atom. The van der Waals surface area contributed by atoms with E-state index in [1.54, 1.807) is 43.5 Å². The molecular formula is C24H22N4O3. The Balaban J connectivity index is 1.64. The molecule has 1 heterocycles. The van der Waals surface area contributed by atoms with Crippen molar-refractivity contribution in [2.24, 2.45) is 4.99 Å². The fourth-order valence-corrected chi connectivity index (χ4v) is 3.88. The summed E-state index contributed by atoms with van der Waals surface area (Å²) in [5, 5.41) is 15.5. The largest absolute Gasteiger partial charge is 0.497 e. The summed E-state index contributed by atoms with van der Waals surface area (Å²) < 4.78 is 5.12. The Morgan fingerprint density at radius 3 is 2.39 bits per heavy atom. The third-order valence-electron chi connectivity index (χ3n) is 5.51. The lowest BCUT2D eigenvalue weighted by atomic mass is 10.0. The average Bonchev–Trinajstić information content (AvgIpc) is 3.43. The molecule has 0 unspecified atom stereocenters. The summed E-state index contributed by atoms with van der Waals surface area (Å²) in [5.41, 5.74) is 1.98. The molecule has 0 spiro atoms. The average molecular weight is 414 g/mol. The number of rotatable bonds is 4. The second-order valence-corrected chi connectivity index (χ2v) is 7.48. The highest BCUT2D eigenvalue weighted by atomic mass is 16.5. The van der Waals surface area contributed by atoms with Crippen LogP contribution in [-0.2, 0) is 4.79 Å². The molecule has 7 nitrogen and oxygen atoms in total. The van der Waals surface area contributed by atoms with E-state index in [2.05, 4.69) is 15.6 Å². The molecular weight excluding hydrogens is 392 g/mol. The number of nitrogens with zero attached hydrogens (tertiary/aromatic N) is 2. The third-order valence-corrected chi connectivity index (χ3v) is 5.51. The molecule has 2 aromatic carbocycles. The van der Waals surface area contributed by atoms with Crippen molar-refractivity contribution in [2.75, 3.05) is 7.11 Å². The van der Waals surface area contributed by atoms with Crippen LogP contribution in [0.1, 0.15) is 47.2 Å². The number of nitrogens with one attached hydrogen (secondary N) is 2. The zero-order valence-electron chi connectivity index (χ0n) is 17.1. The maximum absolute atomic E-state index is 12.8. The molecule has 2 amide bonds. The van der Waals surface area contributed by atoms with Gasteiger partial charge in [0.25, 0.3) is 11.8 Å². The molecule has 1 saturated carbocycles. The highest BCUT2D eigenvalue weighted by Crippen LogP contribution is 2.31. The highest BCUT2D eigenvalue weighted by molar-refractivity contribution is 6.20. The second kappa shape index (κ2) is 8.84. The lowest BCUT2D eigenvalue weighted by Gasteiger charge is -2.11. The topological polar surface area (TPSA) is 104 Å². The molecule has 4 rings (SSSR count). The molecule has 7 heteroatoms. The predicted molar refractivity (Wildman–Crippen MR) is 116 cm³/mol. The molecule has 0 bridgehead atoms. The number of aliphatic imine (C=N–C) groups is 1. The summed E-state index contributed by atoms with van der Waals surface area (Å²) in [7, 11) is 1.56. The van der Waals surface area contributed by atoms with E-state index in [4.69, 9.17) is 4.74 Å². The van der Waals surface area contributed by atoms with Crippen LogP contribution in [0.25, 0.3) is 5.70 Å². The molecule has 0 saturated heterocycles. The van der Waals surface area contributed by atoms with Crippen LogP contribution < -0.4 is 15.4 Å². The van der Waals surface area contributed by atoms with Crippen LogP contribution in [0.2, 0.25) is 0 Å². The number of carbonyl (C=O) groups is 2. The first-order valence-corrected chi connectivity index (χ1v) is 10.2. The fourth-order valence-electron chi connectivity index (χ4n) is 3.88. The SMILES string of the molecule is COc1ccc(C(=O)NC2=N/C(=C(/C#N)C(=O)NC3CCCC3)c3ccccc32)cc1. The molecule has 1 fully saturated rings. The number of amides is 2. The van der Waals surface area contributed by atoms with Crippen molar-refractivity contribution < 1.29 is 14.3 Å². The molecule has 1 aliphatic heterocycles. The number of nitriles is 1. The van der Waals surface area contributed by atoms with Gasteiger partial charge in [0.1, 0.15) is 23.2 Å². The first-order valence-electron chi connectivity index (χ1n) is 10.2. The fraction of sp³-hybridized carbons (Fsp3) is 0.250. The molecule has 0 aromatic heterocycles. The van der Waals surface area contributed by atoms with Crippen molar-refractivity contribution in [1.29, 1.82) is 5.26 Å². The van der Waals surface area contributed by atoms with E-state index in [0.29, 0.717) is 28.3 Å². The van der Waals surface area contributed by atoms with Gasteiger partial charge in [-0.25, -0.2) is 4.99 Å². The lowest BCUT2D eigenvalue weighted by Crippen LogP contribution is -2.33. The van der Waals surface area contributed by atoms with Crippen LogP contribution in [0.4, 0.5) is 0 Å². The summed E-state index contributed by atoms with van der Waals surface area (Å²) >= 11 is 0. The molecule has 2 N–H and O–H groups in total. The Labute approximate surface area is 180 Å². The van der Waals surface area contributed by atoms with Crippen LogP contribution in [-0.4, -0.2) is 30.8 Å². The minimum absolute atomic E-state index is 0.0481. The zero-order valence-corrected chi connectivity index (χ0v) is 17.1. The number of benzene rings is 2. The third kappa shape index (κ3) is 4.19. The van der Waals surface area contributed by atoms with Crippen molar-refractivity contribution >= 4 is 23.3 Å². The first-order chi connectivity index (χ1) is 15.1. The molecule has 0 radical (unpaired) electrons. The Kier molecular flexibility index (Phi) is 5.80. The summed E-state index contributed by atoms with van der Waals surface area (Å²) in [6, 6.07) is 16.0. The smallest absolute Gasteiger partial charge is 0.264 e. The van der Waals surface area contributed by atoms with Gasteiger partial charge in [-0.05, 0) is 37.1 Å². The van der Waals surface area contributed by atoms with Gasteiger partial charge in [-0.2, -0.15) is 5.26 Å². The van der Waals surface area contributed by atoms with Gasteiger partial charge < -0.3 is 15.4 Å². The van der Waals surface area contributed by atoms with Crippen molar-refractivity contribution in [3.8, 4) is 11.8 Å². The van der Waals surface area contributed by atoms with Crippen molar-refractivity contribution in [3.63, 3.8) is 0 Å². The van der Waals surface area contributed by atoms with Gasteiger partial charge >= 0.3 is 0 Å². The Bertz CT molecular complexity index is 1120. The standard InChI is InChI=1S/C24H22N4O3/c1-31-17-12-10-15(11-13-17)23(29)28-22-19-9-5-4-8-18(19)21(27-22)20(14-25)24(30)26-16-6-2-3-7-16/h4-5,8-13,16H,2-3,6-7H2,1H3,(H,26,30)(H,27,28,29)/b21-20-. The quantitative estimate of drug-likeness (QED) is 0.592. The number of methoxy groups -OCH3 is 1. The van der Waals surface area contributed by atoms with Gasteiger partial charge in [-0.15, -0.1) is 0 Å². The van der Waals surface area contributed by atoms with E-state index < -0.39 is 5.91 Å². The van der Waals surface area contributed by atoms with Gasteiger partial charge in [0, 0.05) is 22.7 Å². The number of hydrogen-bond acceptors (Lipinski definition) is 5. The minimum Gasteiger partial charge on any atom is -0.497 e. The minimum atomic E-state index is -0.425. The summed E-state index contributed by atoms with van der Waals surface area (Å²) in [6.45, 7) is 0. The van der Waals surface area contributed by atoms with Gasteiger partial charge in [-0.1, -0.05) is 37.1 Å². The number of carbonyl (C=O) groups excluding carboxylic acids is 2. The van der Waals surface area contributed by atoms with Gasteiger partial charge in [0.05, 0.1) is 12.8 Å². The molecule has 1 aliphatic carbocycles. The normalized spacial score (nSPS) is 16.7. The monoisotopic (exact) mass is 414 g/mol. The van der Waals surface area contributed by atoms with Crippen LogP contribution >= 0.6 is 0 Å². The zero-order chi connectivity index (χ0) is 21.8. The molecule has 31 heavy (non-hydrogen) atoms. The van der Waals surface area contributed by atoms with Crippen molar-refractivity contribution in [1.82, 2.24) is 10.6 Å². The van der Waals surface area contributed by atoms with E-state index in [1.165, 1.54) is 0 Å². The van der Waals surface area contributed by atoms with Crippen molar-refractivity contribution in [2.45, 2.75) is 31.7 Å². The lowest BCUT2D eigenvalue weighted by molar-refractivity contribution is -0.117. The summed E-state index contributed by atoms with van der Waals surface area (Å²) in [4.78, 5) is 30.0. The summed E-state index contributed by atoms with van der Waals surface area (Å²) in [5.74, 6) is 0.196. The summed E-state index contributed by atoms with van der Waals surface area (Å²) in [6.07, 6.45) is 3.99. The second-order valence-electron chi connectivity index (χ2n) is 7.48. The molecule has 156 valence electrons. The predicted octanol–water partition coefficient (Wildman–Crippen LogP) is 3.18. The molecule has 2 aliphatic rings. The van der Waals surface area contributed by atoms with Crippen LogP contribution in [0.15, 0.2) is 59.1 Å². The van der Waals surface area contributed by atoms with Crippen LogP contribution in [0.5, 0.6) is 5.75 Å².